The third-order valence-electron chi connectivity index (χ3n) is 2.71. The van der Waals surface area contributed by atoms with Crippen molar-refractivity contribution in [2.45, 2.75) is 26.3 Å². The van der Waals surface area contributed by atoms with Crippen LogP contribution in [0.4, 0.5) is 5.69 Å². The molecule has 0 saturated heterocycles. The van der Waals surface area contributed by atoms with Gasteiger partial charge in [0.1, 0.15) is 5.58 Å². The number of benzene rings is 1. The molecule has 3 N–H and O–H groups in total. The molecule has 8 nitrogen and oxygen atoms in total. The van der Waals surface area contributed by atoms with Crippen LogP contribution in [-0.2, 0) is 0 Å². The normalized spacial score (nSPS) is 11.1. The lowest BCUT2D eigenvalue weighted by Crippen LogP contribution is -2.52. The van der Waals surface area contributed by atoms with Crippen LogP contribution in [-0.4, -0.2) is 21.5 Å². The van der Waals surface area contributed by atoms with E-state index >= 15 is 0 Å². The number of fused-ring (bicyclic) bond motifs is 1. The second-order valence-electron chi connectivity index (χ2n) is 5.87. The molecule has 0 aliphatic rings. The van der Waals surface area contributed by atoms with Crippen LogP contribution in [0, 0.1) is 10.1 Å². The van der Waals surface area contributed by atoms with Crippen molar-refractivity contribution in [2.75, 3.05) is 0 Å². The number of hydrogen-bond acceptors (Lipinski definition) is 5. The number of non-ortho nitro benzene ring substituents is 1. The van der Waals surface area contributed by atoms with E-state index in [9.17, 15) is 14.9 Å². The van der Waals surface area contributed by atoms with Crippen molar-refractivity contribution in [3.63, 3.8) is 0 Å². The summed E-state index contributed by atoms with van der Waals surface area (Å²) in [4.78, 5) is 22.2. The van der Waals surface area contributed by atoms with Crippen molar-refractivity contribution in [1.82, 2.24) is 16.2 Å². The number of furan rings is 1. The molecule has 0 atom stereocenters. The van der Waals surface area contributed by atoms with Crippen molar-refractivity contribution < 1.29 is 14.1 Å². The highest BCUT2D eigenvalue weighted by Gasteiger charge is 2.16. The van der Waals surface area contributed by atoms with E-state index in [1.54, 1.807) is 0 Å². The second kappa shape index (κ2) is 6.21. The van der Waals surface area contributed by atoms with Gasteiger partial charge in [0.2, 0.25) is 0 Å². The Morgan fingerprint density at radius 3 is 2.57 bits per heavy atom. The zero-order chi connectivity index (χ0) is 17.2. The zero-order valence-electron chi connectivity index (χ0n) is 12.8. The van der Waals surface area contributed by atoms with E-state index in [4.69, 9.17) is 16.6 Å². The van der Waals surface area contributed by atoms with E-state index in [0.717, 1.165) is 0 Å². The lowest BCUT2D eigenvalue weighted by Gasteiger charge is -2.22. The average molecular weight is 336 g/mol. The fraction of sp³-hybridized carbons (Fsp3) is 0.286. The molecule has 23 heavy (non-hydrogen) atoms. The molecule has 1 heterocycles. The number of nitro benzene ring substituents is 1. The number of rotatable bonds is 2. The molecule has 0 saturated carbocycles. The van der Waals surface area contributed by atoms with Crippen molar-refractivity contribution in [1.29, 1.82) is 0 Å². The minimum atomic E-state index is -0.540. The van der Waals surface area contributed by atoms with Crippen molar-refractivity contribution >= 4 is 39.9 Å². The molecule has 0 bridgehead atoms. The van der Waals surface area contributed by atoms with E-state index in [1.807, 2.05) is 20.8 Å². The van der Waals surface area contributed by atoms with Crippen LogP contribution in [0.25, 0.3) is 11.0 Å². The minimum absolute atomic E-state index is 0.0200. The van der Waals surface area contributed by atoms with E-state index in [-0.39, 0.29) is 22.1 Å². The number of hydrazine groups is 1. The summed E-state index contributed by atoms with van der Waals surface area (Å²) in [5, 5.41) is 14.4. The van der Waals surface area contributed by atoms with Crippen LogP contribution in [0.1, 0.15) is 31.3 Å². The molecule has 0 spiro atoms. The fourth-order valence-corrected chi connectivity index (χ4v) is 2.16. The molecule has 1 aromatic carbocycles. The molecule has 0 unspecified atom stereocenters. The Labute approximate surface area is 137 Å². The Hall–Kier alpha value is -2.68. The topological polar surface area (TPSA) is 109 Å². The third kappa shape index (κ3) is 4.39. The molecule has 0 aliphatic heterocycles. The predicted molar refractivity (Wildman–Crippen MR) is 89.0 cm³/mol. The maximum Gasteiger partial charge on any atom is 0.305 e. The highest BCUT2D eigenvalue weighted by Crippen LogP contribution is 2.24. The number of carbonyl (C=O) groups excluding carboxylic acids is 1. The first-order valence-corrected chi connectivity index (χ1v) is 7.13. The molecule has 0 fully saturated rings. The molecule has 0 aliphatic carbocycles. The molecule has 2 rings (SSSR count). The molecule has 122 valence electrons. The first kappa shape index (κ1) is 16.7. The summed E-state index contributed by atoms with van der Waals surface area (Å²) in [5.41, 5.74) is 5.04. The number of thiocarbonyl (C=S) groups is 1. The minimum Gasteiger partial charge on any atom is -0.451 e. The molecule has 1 amide bonds. The number of hydrogen-bond donors (Lipinski definition) is 3. The Bertz CT molecular complexity index is 779. The van der Waals surface area contributed by atoms with E-state index in [1.165, 1.54) is 24.3 Å². The number of nitrogens with one attached hydrogen (secondary N) is 3. The lowest BCUT2D eigenvalue weighted by molar-refractivity contribution is -0.384. The maximum absolute atomic E-state index is 12.0. The predicted octanol–water partition coefficient (Wildman–Crippen LogP) is 2.25. The van der Waals surface area contributed by atoms with Crippen LogP contribution in [0.3, 0.4) is 0 Å². The van der Waals surface area contributed by atoms with Crippen molar-refractivity contribution in [3.8, 4) is 0 Å². The third-order valence-corrected chi connectivity index (χ3v) is 2.92. The van der Waals surface area contributed by atoms with Crippen molar-refractivity contribution in [2.24, 2.45) is 0 Å². The summed E-state index contributed by atoms with van der Waals surface area (Å²) >= 11 is 5.04. The molecule has 1 aromatic heterocycles. The van der Waals surface area contributed by atoms with Gasteiger partial charge in [-0.05, 0) is 45.1 Å². The van der Waals surface area contributed by atoms with Crippen LogP contribution < -0.4 is 16.2 Å². The van der Waals surface area contributed by atoms with Gasteiger partial charge >= 0.3 is 5.91 Å². The van der Waals surface area contributed by atoms with Gasteiger partial charge < -0.3 is 9.73 Å². The summed E-state index contributed by atoms with van der Waals surface area (Å²) in [7, 11) is 0. The smallest absolute Gasteiger partial charge is 0.305 e. The van der Waals surface area contributed by atoms with E-state index in [2.05, 4.69) is 16.2 Å². The maximum atomic E-state index is 12.0. The number of amides is 1. The largest absolute Gasteiger partial charge is 0.451 e. The van der Waals surface area contributed by atoms with Gasteiger partial charge in [-0.25, -0.2) is 0 Å². The highest BCUT2D eigenvalue weighted by atomic mass is 32.1. The van der Waals surface area contributed by atoms with Gasteiger partial charge in [0.05, 0.1) is 4.92 Å². The number of nitro groups is 1. The first-order chi connectivity index (χ1) is 10.7. The number of carbonyl (C=O) groups is 1. The molecular formula is C14H16N4O4S. The van der Waals surface area contributed by atoms with Gasteiger partial charge in [-0.3, -0.25) is 25.8 Å². The highest BCUT2D eigenvalue weighted by molar-refractivity contribution is 7.80. The van der Waals surface area contributed by atoms with Gasteiger partial charge in [0, 0.05) is 23.1 Å². The Kier molecular flexibility index (Phi) is 4.50. The molecule has 9 heteroatoms. The summed E-state index contributed by atoms with van der Waals surface area (Å²) in [6, 6.07) is 5.53. The summed E-state index contributed by atoms with van der Waals surface area (Å²) < 4.78 is 5.36. The van der Waals surface area contributed by atoms with Crippen LogP contribution in [0.2, 0.25) is 0 Å². The molecular weight excluding hydrogens is 320 g/mol. The Balaban J connectivity index is 2.06. The Morgan fingerprint density at radius 1 is 1.26 bits per heavy atom. The van der Waals surface area contributed by atoms with Gasteiger partial charge in [0.25, 0.3) is 5.69 Å². The van der Waals surface area contributed by atoms with E-state index < -0.39 is 10.8 Å². The quantitative estimate of drug-likeness (QED) is 0.438. The summed E-state index contributed by atoms with van der Waals surface area (Å²) in [6.07, 6.45) is 0. The SMILES string of the molecule is CC(C)(C)NC(=S)NNC(=O)c1cc2cc([N+](=O)[O-])ccc2o1. The van der Waals surface area contributed by atoms with Crippen LogP contribution >= 0.6 is 12.2 Å². The molecule has 0 radical (unpaired) electrons. The number of nitrogens with zero attached hydrogens (tertiary/aromatic N) is 1. The first-order valence-electron chi connectivity index (χ1n) is 6.72. The molecule has 2 aromatic rings. The summed E-state index contributed by atoms with van der Waals surface area (Å²) in [5.74, 6) is -0.520. The van der Waals surface area contributed by atoms with Crippen LogP contribution in [0.5, 0.6) is 0 Å². The fourth-order valence-electron chi connectivity index (χ4n) is 1.80. The monoisotopic (exact) mass is 336 g/mol. The second-order valence-corrected chi connectivity index (χ2v) is 6.28. The van der Waals surface area contributed by atoms with Crippen LogP contribution in [0.15, 0.2) is 28.7 Å². The van der Waals surface area contributed by atoms with E-state index in [0.29, 0.717) is 11.0 Å². The standard InChI is InChI=1S/C14H16N4O4S/c1-14(2,3)15-13(23)17-16-12(19)11-7-8-6-9(18(20)21)4-5-10(8)22-11/h4-7H,1-3H3,(H,16,19)(H2,15,17,23). The van der Waals surface area contributed by atoms with Gasteiger partial charge in [0.15, 0.2) is 10.9 Å². The summed E-state index contributed by atoms with van der Waals surface area (Å²) in [6.45, 7) is 5.78. The van der Waals surface area contributed by atoms with Gasteiger partial charge in [-0.2, -0.15) is 0 Å². The van der Waals surface area contributed by atoms with Crippen molar-refractivity contribution in [3.05, 3.63) is 40.1 Å². The zero-order valence-corrected chi connectivity index (χ0v) is 13.6. The lowest BCUT2D eigenvalue weighted by atomic mass is 10.1. The van der Waals surface area contributed by atoms with Gasteiger partial charge in [-0.1, -0.05) is 0 Å². The Morgan fingerprint density at radius 2 is 1.96 bits per heavy atom. The van der Waals surface area contributed by atoms with Gasteiger partial charge in [-0.15, -0.1) is 0 Å². The average Bonchev–Trinajstić information content (AvgIpc) is 2.85.